The molecular weight excluding hydrogens is 512 g/mol. The average molecular weight is 539 g/mol. The Bertz CT molecular complexity index is 1420. The first-order chi connectivity index (χ1) is 18.1. The molecule has 0 aromatic heterocycles. The first kappa shape index (κ1) is 28.1. The van der Waals surface area contributed by atoms with E-state index in [1.807, 2.05) is 6.92 Å². The zero-order chi connectivity index (χ0) is 27.9. The molecule has 0 radical (unpaired) electrons. The van der Waals surface area contributed by atoms with Crippen molar-refractivity contribution in [2.45, 2.75) is 17.7 Å². The number of nitro benzene ring substituents is 1. The van der Waals surface area contributed by atoms with Gasteiger partial charge in [0.25, 0.3) is 15.7 Å². The number of rotatable bonds is 10. The molecule has 0 spiro atoms. The van der Waals surface area contributed by atoms with Crippen molar-refractivity contribution in [1.29, 1.82) is 0 Å². The summed E-state index contributed by atoms with van der Waals surface area (Å²) in [5, 5.41) is 11.2. The van der Waals surface area contributed by atoms with Crippen LogP contribution in [-0.4, -0.2) is 39.5 Å². The second kappa shape index (κ2) is 12.2. The number of non-ortho nitro benzene ring substituents is 1. The number of benzene rings is 3. The number of nitrogens with one attached hydrogen (secondary N) is 1. The van der Waals surface area contributed by atoms with Gasteiger partial charge in [0.1, 0.15) is 0 Å². The maximum Gasteiger partial charge on any atom is 0.321 e. The molecule has 0 aliphatic heterocycles. The minimum Gasteiger partial charge on any atom is -0.468 e. The Balaban J connectivity index is 2.23. The predicted octanol–water partition coefficient (Wildman–Crippen LogP) is 3.97. The molecule has 0 aliphatic carbocycles. The lowest BCUT2D eigenvalue weighted by Gasteiger charge is -2.23. The maximum atomic E-state index is 13.3. The molecule has 1 atom stereocenters. The number of carbonyl (C=O) groups excluding carboxylic acids is 2. The number of nitro groups is 1. The molecule has 198 valence electrons. The van der Waals surface area contributed by atoms with Crippen LogP contribution in [0.4, 0.5) is 5.69 Å². The number of nitrogens with zero attached hydrogens (tertiary/aromatic N) is 1. The number of allylic oxidation sites excluding steroid dienone is 1. The highest BCUT2D eigenvalue weighted by Gasteiger charge is 2.37. The van der Waals surface area contributed by atoms with Crippen LogP contribution in [0.15, 0.2) is 89.8 Å². The molecule has 0 bridgehead atoms. The fraction of sp³-hybridized carbons (Fsp3) is 0.185. The van der Waals surface area contributed by atoms with Crippen molar-refractivity contribution in [2.75, 3.05) is 14.2 Å². The fourth-order valence-corrected chi connectivity index (χ4v) is 4.84. The average Bonchev–Trinajstić information content (AvgIpc) is 2.92. The lowest BCUT2D eigenvalue weighted by Crippen LogP contribution is -2.32. The Morgan fingerprint density at radius 1 is 0.895 bits per heavy atom. The lowest BCUT2D eigenvalue weighted by atomic mass is 9.84. The molecule has 0 aliphatic rings. The molecule has 0 unspecified atom stereocenters. The van der Waals surface area contributed by atoms with Gasteiger partial charge < -0.3 is 9.47 Å². The van der Waals surface area contributed by atoms with Crippen LogP contribution >= 0.6 is 0 Å². The third-order valence-electron chi connectivity index (χ3n) is 5.76. The molecule has 0 saturated carbocycles. The summed E-state index contributed by atoms with van der Waals surface area (Å²) in [5.74, 6) is -4.50. The third-order valence-corrected chi connectivity index (χ3v) is 7.15. The molecule has 0 heterocycles. The summed E-state index contributed by atoms with van der Waals surface area (Å²) >= 11 is 0. The Morgan fingerprint density at radius 3 is 1.95 bits per heavy atom. The van der Waals surface area contributed by atoms with Gasteiger partial charge in [0.05, 0.1) is 29.7 Å². The minimum absolute atomic E-state index is 0.00861. The van der Waals surface area contributed by atoms with Crippen LogP contribution in [0.5, 0.6) is 0 Å². The van der Waals surface area contributed by atoms with Crippen LogP contribution in [0.1, 0.15) is 22.6 Å². The van der Waals surface area contributed by atoms with E-state index in [1.54, 1.807) is 42.5 Å². The fourth-order valence-electron chi connectivity index (χ4n) is 3.75. The third kappa shape index (κ3) is 6.62. The zero-order valence-corrected chi connectivity index (χ0v) is 21.7. The summed E-state index contributed by atoms with van der Waals surface area (Å²) in [7, 11) is -1.88. The molecule has 3 rings (SSSR count). The maximum absolute atomic E-state index is 13.3. The normalized spacial score (nSPS) is 12.5. The molecule has 38 heavy (non-hydrogen) atoms. The van der Waals surface area contributed by atoms with Gasteiger partial charge in [0.15, 0.2) is 5.92 Å². The van der Waals surface area contributed by atoms with Crippen molar-refractivity contribution in [3.8, 4) is 0 Å². The SMILES string of the molecule is COC(=O)C(C(=O)OC)[C@@H](/C=C(/NS(=O)(=O)c1ccc(C)cc1)c1ccccc1)c1ccc([N+](=O)[O-])cc1. The summed E-state index contributed by atoms with van der Waals surface area (Å²) in [6.07, 6.45) is 1.40. The van der Waals surface area contributed by atoms with Gasteiger partial charge in [-0.1, -0.05) is 66.2 Å². The minimum atomic E-state index is -4.09. The van der Waals surface area contributed by atoms with Gasteiger partial charge >= 0.3 is 11.9 Å². The van der Waals surface area contributed by atoms with E-state index in [1.165, 1.54) is 42.5 Å². The first-order valence-electron chi connectivity index (χ1n) is 11.3. The van der Waals surface area contributed by atoms with E-state index < -0.39 is 38.7 Å². The van der Waals surface area contributed by atoms with E-state index in [-0.39, 0.29) is 16.3 Å². The number of ether oxygens (including phenoxy) is 2. The van der Waals surface area contributed by atoms with Gasteiger partial charge in [-0.05, 0) is 30.2 Å². The van der Waals surface area contributed by atoms with Gasteiger partial charge in [0, 0.05) is 18.1 Å². The number of methoxy groups -OCH3 is 2. The molecule has 1 N–H and O–H groups in total. The van der Waals surface area contributed by atoms with E-state index in [9.17, 15) is 28.1 Å². The molecule has 11 heteroatoms. The molecule has 3 aromatic carbocycles. The van der Waals surface area contributed by atoms with Crippen LogP contribution in [0.3, 0.4) is 0 Å². The van der Waals surface area contributed by atoms with Crippen molar-refractivity contribution >= 4 is 33.3 Å². The van der Waals surface area contributed by atoms with E-state index in [0.717, 1.165) is 19.8 Å². The smallest absolute Gasteiger partial charge is 0.321 e. The summed E-state index contributed by atoms with van der Waals surface area (Å²) in [4.78, 5) is 36.1. The standard InChI is InChI=1S/C27H26N2O8S/c1-18-9-15-22(16-10-18)38(34,35)28-24(20-7-5-4-6-8-20)17-23(25(26(30)36-2)27(31)37-3)19-11-13-21(14-12-19)29(32)33/h4-17,23,25,28H,1-3H3/b24-17+/t23-/m0/s1. The highest BCUT2D eigenvalue weighted by molar-refractivity contribution is 7.89. The quantitative estimate of drug-likeness (QED) is 0.177. The van der Waals surface area contributed by atoms with Crippen molar-refractivity contribution < 1.29 is 32.4 Å². The molecular formula is C27H26N2O8S. The van der Waals surface area contributed by atoms with Crippen molar-refractivity contribution in [1.82, 2.24) is 4.72 Å². The van der Waals surface area contributed by atoms with Gasteiger partial charge in [-0.15, -0.1) is 0 Å². The summed E-state index contributed by atoms with van der Waals surface area (Å²) in [5.41, 5.74) is 1.52. The second-order valence-corrected chi connectivity index (χ2v) is 9.95. The van der Waals surface area contributed by atoms with E-state index in [0.29, 0.717) is 11.1 Å². The van der Waals surface area contributed by atoms with Crippen molar-refractivity contribution in [2.24, 2.45) is 5.92 Å². The summed E-state index contributed by atoms with van der Waals surface area (Å²) in [6, 6.07) is 19.9. The highest BCUT2D eigenvalue weighted by atomic mass is 32.2. The number of sulfonamides is 1. The predicted molar refractivity (Wildman–Crippen MR) is 139 cm³/mol. The number of hydrogen-bond acceptors (Lipinski definition) is 8. The Kier molecular flexibility index (Phi) is 8.98. The molecule has 10 nitrogen and oxygen atoms in total. The number of carbonyl (C=O) groups is 2. The van der Waals surface area contributed by atoms with E-state index in [4.69, 9.17) is 9.47 Å². The van der Waals surface area contributed by atoms with Crippen molar-refractivity contribution in [3.63, 3.8) is 0 Å². The highest BCUT2D eigenvalue weighted by Crippen LogP contribution is 2.33. The van der Waals surface area contributed by atoms with E-state index >= 15 is 0 Å². The Labute approximate surface area is 220 Å². The monoisotopic (exact) mass is 538 g/mol. The van der Waals surface area contributed by atoms with Crippen molar-refractivity contribution in [3.05, 3.63) is 112 Å². The molecule has 0 saturated heterocycles. The van der Waals surface area contributed by atoms with Gasteiger partial charge in [-0.25, -0.2) is 8.42 Å². The van der Waals surface area contributed by atoms with Crippen LogP contribution < -0.4 is 4.72 Å². The van der Waals surface area contributed by atoms with Gasteiger partial charge in [-0.2, -0.15) is 0 Å². The first-order valence-corrected chi connectivity index (χ1v) is 12.8. The second-order valence-electron chi connectivity index (χ2n) is 8.26. The van der Waals surface area contributed by atoms with Crippen LogP contribution in [0, 0.1) is 23.0 Å². The Hall–Kier alpha value is -4.51. The van der Waals surface area contributed by atoms with Crippen LogP contribution in [0.25, 0.3) is 5.70 Å². The number of esters is 2. The lowest BCUT2D eigenvalue weighted by molar-refractivity contribution is -0.384. The van der Waals surface area contributed by atoms with Crippen LogP contribution in [-0.2, 0) is 29.1 Å². The topological polar surface area (TPSA) is 142 Å². The summed E-state index contributed by atoms with van der Waals surface area (Å²) in [6.45, 7) is 1.83. The van der Waals surface area contributed by atoms with Gasteiger partial charge in [0.2, 0.25) is 0 Å². The van der Waals surface area contributed by atoms with Gasteiger partial charge in [-0.3, -0.25) is 24.4 Å². The largest absolute Gasteiger partial charge is 0.468 e. The molecule has 3 aromatic rings. The van der Waals surface area contributed by atoms with E-state index in [2.05, 4.69) is 4.72 Å². The Morgan fingerprint density at radius 2 is 1.45 bits per heavy atom. The molecule has 0 amide bonds. The number of aryl methyl sites for hydroxylation is 1. The van der Waals surface area contributed by atoms with Crippen LogP contribution in [0.2, 0.25) is 0 Å². The summed E-state index contributed by atoms with van der Waals surface area (Å²) < 4.78 is 38.9. The molecule has 0 fully saturated rings. The number of hydrogen-bond donors (Lipinski definition) is 1. The zero-order valence-electron chi connectivity index (χ0n) is 20.9.